The van der Waals surface area contributed by atoms with Crippen molar-refractivity contribution >= 4 is 21.2 Å². The predicted molar refractivity (Wildman–Crippen MR) is 82.4 cm³/mol. The van der Waals surface area contributed by atoms with Crippen molar-refractivity contribution in [1.29, 1.82) is 0 Å². The van der Waals surface area contributed by atoms with Gasteiger partial charge in [0.2, 0.25) is 0 Å². The van der Waals surface area contributed by atoms with Crippen molar-refractivity contribution in [1.82, 2.24) is 4.98 Å². The van der Waals surface area contributed by atoms with E-state index in [0.29, 0.717) is 17.0 Å². The van der Waals surface area contributed by atoms with Gasteiger partial charge in [-0.1, -0.05) is 19.1 Å². The van der Waals surface area contributed by atoms with Gasteiger partial charge in [-0.15, -0.1) is 0 Å². The van der Waals surface area contributed by atoms with E-state index in [1.54, 1.807) is 49.4 Å². The fourth-order valence-electron chi connectivity index (χ4n) is 2.14. The summed E-state index contributed by atoms with van der Waals surface area (Å²) in [6.07, 6.45) is 0.851. The number of hydrogen-bond acceptors (Lipinski definition) is 5. The Labute approximate surface area is 128 Å². The molecule has 6 heteroatoms. The molecule has 0 bridgehead atoms. The molecule has 5 nitrogen and oxygen atoms in total. The number of aryl methyl sites for hydroxylation is 2. The van der Waals surface area contributed by atoms with Crippen molar-refractivity contribution in [2.75, 3.05) is 0 Å². The van der Waals surface area contributed by atoms with Gasteiger partial charge in [0, 0.05) is 13.0 Å². The van der Waals surface area contributed by atoms with E-state index in [1.165, 1.54) is 0 Å². The van der Waals surface area contributed by atoms with Gasteiger partial charge in [-0.25, -0.2) is 4.98 Å². The minimum atomic E-state index is -3.86. The third-order valence-corrected chi connectivity index (χ3v) is 4.55. The number of fused-ring (bicyclic) bond motifs is 1. The van der Waals surface area contributed by atoms with E-state index in [0.717, 1.165) is 12.0 Å². The van der Waals surface area contributed by atoms with Crippen LogP contribution in [0, 0.1) is 6.92 Å². The number of rotatable bonds is 4. The van der Waals surface area contributed by atoms with E-state index in [1.807, 2.05) is 6.92 Å². The summed E-state index contributed by atoms with van der Waals surface area (Å²) in [7, 11) is -3.86. The lowest BCUT2D eigenvalue weighted by Gasteiger charge is -2.07. The SMILES string of the molecule is CCc1ccc(S(=O)(=O)Oc2ccc3oc(C)nc3c2)cc1. The molecule has 0 unspecified atom stereocenters. The number of hydrogen-bond donors (Lipinski definition) is 0. The maximum atomic E-state index is 12.3. The van der Waals surface area contributed by atoms with Gasteiger partial charge in [-0.2, -0.15) is 8.42 Å². The Morgan fingerprint density at radius 2 is 1.86 bits per heavy atom. The molecule has 0 fully saturated rings. The lowest BCUT2D eigenvalue weighted by atomic mass is 10.2. The molecule has 0 saturated carbocycles. The lowest BCUT2D eigenvalue weighted by molar-refractivity contribution is 0.486. The Kier molecular flexibility index (Phi) is 3.62. The van der Waals surface area contributed by atoms with Gasteiger partial charge in [0.25, 0.3) is 0 Å². The molecule has 114 valence electrons. The summed E-state index contributed by atoms with van der Waals surface area (Å²) in [6.45, 7) is 3.74. The summed E-state index contributed by atoms with van der Waals surface area (Å²) in [5, 5.41) is 0. The Balaban J connectivity index is 1.91. The molecule has 0 saturated heterocycles. The molecule has 0 amide bonds. The normalized spacial score (nSPS) is 11.7. The number of aromatic nitrogens is 1. The van der Waals surface area contributed by atoms with Crippen LogP contribution >= 0.6 is 0 Å². The van der Waals surface area contributed by atoms with Crippen LogP contribution in [-0.4, -0.2) is 13.4 Å². The molecule has 1 aromatic heterocycles. The van der Waals surface area contributed by atoms with Crippen LogP contribution in [0.5, 0.6) is 5.75 Å². The standard InChI is InChI=1S/C16H15NO4S/c1-3-12-4-7-14(8-5-12)22(18,19)21-13-6-9-16-15(10-13)17-11(2)20-16/h4-10H,3H2,1-2H3. The average molecular weight is 317 g/mol. The molecule has 0 N–H and O–H groups in total. The first-order valence-electron chi connectivity index (χ1n) is 6.88. The van der Waals surface area contributed by atoms with Crippen molar-refractivity contribution in [3.8, 4) is 5.75 Å². The second kappa shape index (κ2) is 5.46. The summed E-state index contributed by atoms with van der Waals surface area (Å²) in [5.41, 5.74) is 2.22. The Hall–Kier alpha value is -2.34. The second-order valence-corrected chi connectivity index (χ2v) is 6.44. The van der Waals surface area contributed by atoms with Crippen LogP contribution in [0.2, 0.25) is 0 Å². The zero-order chi connectivity index (χ0) is 15.7. The molecule has 1 heterocycles. The molecule has 0 atom stereocenters. The van der Waals surface area contributed by atoms with E-state index in [2.05, 4.69) is 4.98 Å². The molecule has 2 aromatic carbocycles. The summed E-state index contributed by atoms with van der Waals surface area (Å²) < 4.78 is 35.1. The van der Waals surface area contributed by atoms with Crippen molar-refractivity contribution in [3.63, 3.8) is 0 Å². The van der Waals surface area contributed by atoms with Gasteiger partial charge in [-0.05, 0) is 36.2 Å². The first kappa shape index (κ1) is 14.6. The van der Waals surface area contributed by atoms with E-state index >= 15 is 0 Å². The fourth-order valence-corrected chi connectivity index (χ4v) is 3.06. The molecule has 3 rings (SSSR count). The Morgan fingerprint density at radius 1 is 1.14 bits per heavy atom. The molecule has 0 aliphatic rings. The van der Waals surface area contributed by atoms with Crippen molar-refractivity contribution in [2.24, 2.45) is 0 Å². The van der Waals surface area contributed by atoms with Crippen LogP contribution in [0.4, 0.5) is 0 Å². The number of nitrogens with zero attached hydrogens (tertiary/aromatic N) is 1. The van der Waals surface area contributed by atoms with Gasteiger partial charge in [0.05, 0.1) is 0 Å². The first-order valence-corrected chi connectivity index (χ1v) is 8.29. The highest BCUT2D eigenvalue weighted by molar-refractivity contribution is 7.87. The van der Waals surface area contributed by atoms with Gasteiger partial charge < -0.3 is 8.60 Å². The van der Waals surface area contributed by atoms with Crippen LogP contribution < -0.4 is 4.18 Å². The largest absolute Gasteiger partial charge is 0.441 e. The summed E-state index contributed by atoms with van der Waals surface area (Å²) in [6, 6.07) is 11.4. The van der Waals surface area contributed by atoms with Crippen LogP contribution in [-0.2, 0) is 16.5 Å². The lowest BCUT2D eigenvalue weighted by Crippen LogP contribution is -2.09. The van der Waals surface area contributed by atoms with Crippen LogP contribution in [0.25, 0.3) is 11.1 Å². The third-order valence-electron chi connectivity index (χ3n) is 3.29. The van der Waals surface area contributed by atoms with Crippen LogP contribution in [0.3, 0.4) is 0 Å². The van der Waals surface area contributed by atoms with E-state index in [9.17, 15) is 8.42 Å². The van der Waals surface area contributed by atoms with Gasteiger partial charge >= 0.3 is 10.1 Å². The maximum Gasteiger partial charge on any atom is 0.339 e. The van der Waals surface area contributed by atoms with E-state index in [4.69, 9.17) is 8.60 Å². The summed E-state index contributed by atoms with van der Waals surface area (Å²) >= 11 is 0. The van der Waals surface area contributed by atoms with Gasteiger partial charge in [0.15, 0.2) is 11.5 Å². The molecule has 22 heavy (non-hydrogen) atoms. The third kappa shape index (κ3) is 2.82. The topological polar surface area (TPSA) is 69.4 Å². The van der Waals surface area contributed by atoms with Crippen molar-refractivity contribution in [2.45, 2.75) is 25.2 Å². The molecular weight excluding hydrogens is 302 g/mol. The quantitative estimate of drug-likeness (QED) is 0.689. The second-order valence-electron chi connectivity index (χ2n) is 4.90. The minimum Gasteiger partial charge on any atom is -0.441 e. The maximum absolute atomic E-state index is 12.3. The van der Waals surface area contributed by atoms with E-state index < -0.39 is 10.1 Å². The highest BCUT2D eigenvalue weighted by Gasteiger charge is 2.17. The van der Waals surface area contributed by atoms with Crippen molar-refractivity contribution < 1.29 is 17.0 Å². The van der Waals surface area contributed by atoms with Gasteiger partial charge in [-0.3, -0.25) is 0 Å². The highest BCUT2D eigenvalue weighted by Crippen LogP contribution is 2.24. The zero-order valence-electron chi connectivity index (χ0n) is 12.2. The minimum absolute atomic E-state index is 0.126. The Bertz CT molecular complexity index is 911. The number of oxazole rings is 1. The van der Waals surface area contributed by atoms with E-state index in [-0.39, 0.29) is 10.6 Å². The molecule has 0 aliphatic heterocycles. The molecule has 0 aliphatic carbocycles. The van der Waals surface area contributed by atoms with Crippen LogP contribution in [0.1, 0.15) is 18.4 Å². The number of benzene rings is 2. The van der Waals surface area contributed by atoms with Crippen LogP contribution in [0.15, 0.2) is 51.8 Å². The summed E-state index contributed by atoms with van der Waals surface area (Å²) in [4.78, 5) is 4.28. The Morgan fingerprint density at radius 3 is 2.55 bits per heavy atom. The average Bonchev–Trinajstić information content (AvgIpc) is 2.86. The zero-order valence-corrected chi connectivity index (χ0v) is 13.1. The fraction of sp³-hybridized carbons (Fsp3) is 0.188. The molecule has 0 radical (unpaired) electrons. The monoisotopic (exact) mass is 317 g/mol. The summed E-state index contributed by atoms with van der Waals surface area (Å²) in [5.74, 6) is 0.727. The first-order chi connectivity index (χ1) is 10.5. The van der Waals surface area contributed by atoms with Crippen molar-refractivity contribution in [3.05, 3.63) is 53.9 Å². The smallest absolute Gasteiger partial charge is 0.339 e. The molecular formula is C16H15NO4S. The molecule has 0 spiro atoms. The predicted octanol–water partition coefficient (Wildman–Crippen LogP) is 3.47. The molecule has 3 aromatic rings. The van der Waals surface area contributed by atoms with Gasteiger partial charge in [0.1, 0.15) is 16.2 Å². The highest BCUT2D eigenvalue weighted by atomic mass is 32.2.